The van der Waals surface area contributed by atoms with E-state index in [9.17, 15) is 9.18 Å². The summed E-state index contributed by atoms with van der Waals surface area (Å²) in [6.07, 6.45) is 3.86. The molecular formula is C17H20FN5O. The van der Waals surface area contributed by atoms with Gasteiger partial charge < -0.3 is 16.0 Å². The van der Waals surface area contributed by atoms with Crippen LogP contribution in [0.15, 0.2) is 53.8 Å². The van der Waals surface area contributed by atoms with E-state index >= 15 is 0 Å². The van der Waals surface area contributed by atoms with Crippen LogP contribution in [0.3, 0.4) is 0 Å². The molecule has 0 fully saturated rings. The van der Waals surface area contributed by atoms with Crippen LogP contribution in [-0.4, -0.2) is 37.0 Å². The zero-order valence-electron chi connectivity index (χ0n) is 13.4. The molecule has 0 radical (unpaired) electrons. The Balaban J connectivity index is 1.71. The van der Waals surface area contributed by atoms with Crippen LogP contribution in [0, 0.1) is 5.82 Å². The maximum Gasteiger partial charge on any atom is 0.243 e. The van der Waals surface area contributed by atoms with Crippen molar-refractivity contribution in [2.45, 2.75) is 6.42 Å². The maximum atomic E-state index is 13.1. The Labute approximate surface area is 140 Å². The van der Waals surface area contributed by atoms with Gasteiger partial charge in [-0.15, -0.1) is 0 Å². The van der Waals surface area contributed by atoms with Crippen molar-refractivity contribution in [3.8, 4) is 0 Å². The number of aromatic nitrogens is 1. The number of halogens is 1. The van der Waals surface area contributed by atoms with Crippen molar-refractivity contribution in [2.75, 3.05) is 25.5 Å². The van der Waals surface area contributed by atoms with Crippen molar-refractivity contribution in [3.05, 3.63) is 60.2 Å². The van der Waals surface area contributed by atoms with E-state index in [1.54, 1.807) is 37.6 Å². The number of rotatable bonds is 6. The number of anilines is 1. The number of carbonyl (C=O) groups is 1. The van der Waals surface area contributed by atoms with E-state index in [0.717, 1.165) is 5.56 Å². The second-order valence-electron chi connectivity index (χ2n) is 5.02. The standard InChI is InChI=1S/C17H20FN5O/c1-19-17(21-9-7-13-4-2-5-14(18)10-13)22-12-16(24)23-15-6-3-8-20-11-15/h2-6,8,10-11H,7,9,12H2,1H3,(H,23,24)(H2,19,21,22). The van der Waals surface area contributed by atoms with Gasteiger partial charge in [0.15, 0.2) is 5.96 Å². The Morgan fingerprint density at radius 2 is 2.12 bits per heavy atom. The third-order valence-electron chi connectivity index (χ3n) is 3.18. The highest BCUT2D eigenvalue weighted by Gasteiger charge is 2.04. The number of nitrogens with one attached hydrogen (secondary N) is 3. The van der Waals surface area contributed by atoms with Gasteiger partial charge in [0.05, 0.1) is 18.4 Å². The number of guanidine groups is 1. The quantitative estimate of drug-likeness (QED) is 0.555. The monoisotopic (exact) mass is 329 g/mol. The Morgan fingerprint density at radius 1 is 1.25 bits per heavy atom. The fourth-order valence-corrected chi connectivity index (χ4v) is 2.04. The van der Waals surface area contributed by atoms with Crippen molar-refractivity contribution < 1.29 is 9.18 Å². The van der Waals surface area contributed by atoms with Crippen molar-refractivity contribution in [2.24, 2.45) is 4.99 Å². The van der Waals surface area contributed by atoms with E-state index in [0.29, 0.717) is 24.6 Å². The van der Waals surface area contributed by atoms with Crippen molar-refractivity contribution in [1.82, 2.24) is 15.6 Å². The molecule has 126 valence electrons. The van der Waals surface area contributed by atoms with Crippen molar-refractivity contribution >= 4 is 17.6 Å². The van der Waals surface area contributed by atoms with E-state index < -0.39 is 0 Å². The van der Waals surface area contributed by atoms with Gasteiger partial charge in [-0.3, -0.25) is 14.8 Å². The summed E-state index contributed by atoms with van der Waals surface area (Å²) in [4.78, 5) is 19.8. The van der Waals surface area contributed by atoms with Gasteiger partial charge in [-0.25, -0.2) is 4.39 Å². The van der Waals surface area contributed by atoms with Gasteiger partial charge >= 0.3 is 0 Å². The smallest absolute Gasteiger partial charge is 0.243 e. The fraction of sp³-hybridized carbons (Fsp3) is 0.235. The third kappa shape index (κ3) is 6.04. The topological polar surface area (TPSA) is 78.4 Å². The van der Waals surface area contributed by atoms with Gasteiger partial charge in [0, 0.05) is 19.8 Å². The highest BCUT2D eigenvalue weighted by atomic mass is 19.1. The molecule has 0 atom stereocenters. The molecule has 24 heavy (non-hydrogen) atoms. The summed E-state index contributed by atoms with van der Waals surface area (Å²) in [5, 5.41) is 8.72. The van der Waals surface area contributed by atoms with E-state index in [1.165, 1.54) is 12.1 Å². The van der Waals surface area contributed by atoms with Crippen LogP contribution in [0.5, 0.6) is 0 Å². The molecule has 7 heteroatoms. The Kier molecular flexibility index (Phi) is 6.70. The number of nitrogens with zero attached hydrogens (tertiary/aromatic N) is 2. The lowest BCUT2D eigenvalue weighted by molar-refractivity contribution is -0.115. The van der Waals surface area contributed by atoms with Crippen LogP contribution in [0.25, 0.3) is 0 Å². The average molecular weight is 329 g/mol. The second-order valence-corrected chi connectivity index (χ2v) is 5.02. The van der Waals surface area contributed by atoms with Crippen LogP contribution >= 0.6 is 0 Å². The maximum absolute atomic E-state index is 13.1. The minimum Gasteiger partial charge on any atom is -0.356 e. The van der Waals surface area contributed by atoms with E-state index in [1.807, 2.05) is 6.07 Å². The summed E-state index contributed by atoms with van der Waals surface area (Å²) in [5.74, 6) is 0.0610. The number of carbonyl (C=O) groups excluding carboxylic acids is 1. The summed E-state index contributed by atoms with van der Waals surface area (Å²) < 4.78 is 13.1. The fourth-order valence-electron chi connectivity index (χ4n) is 2.04. The predicted octanol–water partition coefficient (Wildman–Crippen LogP) is 1.57. The normalized spacial score (nSPS) is 11.0. The molecule has 3 N–H and O–H groups in total. The van der Waals surface area contributed by atoms with Crippen LogP contribution in [-0.2, 0) is 11.2 Å². The first-order valence-corrected chi connectivity index (χ1v) is 7.56. The van der Waals surface area contributed by atoms with Gasteiger partial charge in [-0.2, -0.15) is 0 Å². The number of benzene rings is 1. The number of amides is 1. The summed E-state index contributed by atoms with van der Waals surface area (Å²) >= 11 is 0. The molecule has 1 heterocycles. The van der Waals surface area contributed by atoms with Crippen molar-refractivity contribution in [3.63, 3.8) is 0 Å². The van der Waals surface area contributed by atoms with E-state index in [-0.39, 0.29) is 18.3 Å². The van der Waals surface area contributed by atoms with E-state index in [4.69, 9.17) is 0 Å². The molecule has 1 aromatic heterocycles. The molecule has 6 nitrogen and oxygen atoms in total. The van der Waals surface area contributed by atoms with E-state index in [2.05, 4.69) is 25.9 Å². The summed E-state index contributed by atoms with van der Waals surface area (Å²) in [7, 11) is 1.62. The number of hydrogen-bond acceptors (Lipinski definition) is 3. The zero-order valence-corrected chi connectivity index (χ0v) is 13.4. The lowest BCUT2D eigenvalue weighted by Crippen LogP contribution is -2.42. The molecule has 0 saturated carbocycles. The highest BCUT2D eigenvalue weighted by Crippen LogP contribution is 2.03. The molecule has 0 aliphatic heterocycles. The Bertz CT molecular complexity index is 690. The number of aliphatic imine (C=N–C) groups is 1. The lowest BCUT2D eigenvalue weighted by Gasteiger charge is -2.12. The predicted molar refractivity (Wildman–Crippen MR) is 92.3 cm³/mol. The van der Waals surface area contributed by atoms with Crippen LogP contribution in [0.4, 0.5) is 10.1 Å². The molecule has 1 aromatic carbocycles. The summed E-state index contributed by atoms with van der Waals surface area (Å²) in [5.41, 5.74) is 1.53. The van der Waals surface area contributed by atoms with Gasteiger partial charge in [0.1, 0.15) is 5.82 Å². The second kappa shape index (κ2) is 9.24. The average Bonchev–Trinajstić information content (AvgIpc) is 2.59. The first-order valence-electron chi connectivity index (χ1n) is 7.56. The first-order chi connectivity index (χ1) is 11.7. The van der Waals surface area contributed by atoms with Crippen LogP contribution < -0.4 is 16.0 Å². The molecule has 2 aromatic rings. The molecule has 0 unspecified atom stereocenters. The van der Waals surface area contributed by atoms with Gasteiger partial charge in [0.2, 0.25) is 5.91 Å². The van der Waals surface area contributed by atoms with Crippen LogP contribution in [0.2, 0.25) is 0 Å². The Morgan fingerprint density at radius 3 is 2.83 bits per heavy atom. The molecule has 0 aliphatic rings. The highest BCUT2D eigenvalue weighted by molar-refractivity contribution is 5.94. The molecule has 0 spiro atoms. The van der Waals surface area contributed by atoms with Crippen molar-refractivity contribution in [1.29, 1.82) is 0 Å². The van der Waals surface area contributed by atoms with Gasteiger partial charge in [0.25, 0.3) is 0 Å². The molecule has 0 bridgehead atoms. The Hall–Kier alpha value is -2.96. The van der Waals surface area contributed by atoms with Gasteiger partial charge in [-0.1, -0.05) is 12.1 Å². The SMILES string of the molecule is CN=C(NCCc1cccc(F)c1)NCC(=O)Nc1cccnc1. The third-order valence-corrected chi connectivity index (χ3v) is 3.18. The largest absolute Gasteiger partial charge is 0.356 e. The minimum atomic E-state index is -0.248. The first kappa shape index (κ1) is 17.4. The molecule has 0 aliphatic carbocycles. The minimum absolute atomic E-state index is 0.0779. The molecule has 2 rings (SSSR count). The zero-order chi connectivity index (χ0) is 17.2. The summed E-state index contributed by atoms with van der Waals surface area (Å²) in [6.45, 7) is 0.655. The van der Waals surface area contributed by atoms with Gasteiger partial charge in [-0.05, 0) is 36.2 Å². The lowest BCUT2D eigenvalue weighted by atomic mass is 10.1. The van der Waals surface area contributed by atoms with Crippen LogP contribution in [0.1, 0.15) is 5.56 Å². The molecule has 1 amide bonds. The number of hydrogen-bond donors (Lipinski definition) is 3. The summed E-state index contributed by atoms with van der Waals surface area (Å²) in [6, 6.07) is 9.97. The molecule has 0 saturated heterocycles. The number of pyridine rings is 1. The molecular weight excluding hydrogens is 309 g/mol.